The highest BCUT2D eigenvalue weighted by molar-refractivity contribution is 5.92. The Balaban J connectivity index is 1.34. The van der Waals surface area contributed by atoms with Crippen molar-refractivity contribution >= 4 is 11.8 Å². The second-order valence-corrected chi connectivity index (χ2v) is 11.3. The lowest BCUT2D eigenvalue weighted by Gasteiger charge is -2.60. The van der Waals surface area contributed by atoms with Crippen LogP contribution in [0.4, 0.5) is 8.78 Å². The molecule has 3 saturated carbocycles. The van der Waals surface area contributed by atoms with Crippen LogP contribution in [0.2, 0.25) is 0 Å². The topological polar surface area (TPSA) is 49.4 Å². The van der Waals surface area contributed by atoms with Gasteiger partial charge in [0.1, 0.15) is 5.82 Å². The Morgan fingerprint density at radius 1 is 1.12 bits per heavy atom. The van der Waals surface area contributed by atoms with E-state index < -0.39 is 11.7 Å². The molecule has 0 radical (unpaired) electrons. The van der Waals surface area contributed by atoms with Gasteiger partial charge in [-0.15, -0.1) is 0 Å². The van der Waals surface area contributed by atoms with Gasteiger partial charge in [-0.3, -0.25) is 9.59 Å². The second kappa shape index (κ2) is 7.92. The average Bonchev–Trinajstić information content (AvgIpc) is 3.13. The Labute approximate surface area is 194 Å². The van der Waals surface area contributed by atoms with E-state index in [9.17, 15) is 18.4 Å². The van der Waals surface area contributed by atoms with Gasteiger partial charge in [0.05, 0.1) is 0 Å². The Kier molecular flexibility index (Phi) is 5.41. The highest BCUT2D eigenvalue weighted by atomic mass is 19.1. The Bertz CT molecular complexity index is 1010. The lowest BCUT2D eigenvalue weighted by atomic mass is 9.47. The minimum Gasteiger partial charge on any atom is -0.352 e. The number of carbonyl (C=O) groups is 2. The van der Waals surface area contributed by atoms with Gasteiger partial charge in [-0.1, -0.05) is 26.0 Å². The van der Waals surface area contributed by atoms with Crippen LogP contribution in [0.15, 0.2) is 36.2 Å². The number of amides is 2. The van der Waals surface area contributed by atoms with Crippen LogP contribution in [0.25, 0.3) is 0 Å². The van der Waals surface area contributed by atoms with Gasteiger partial charge in [-0.25, -0.2) is 8.78 Å². The summed E-state index contributed by atoms with van der Waals surface area (Å²) in [7, 11) is 1.74. The number of carbonyl (C=O) groups excluding carboxylic acids is 2. The first kappa shape index (κ1) is 22.5. The molecule has 33 heavy (non-hydrogen) atoms. The lowest BCUT2D eigenvalue weighted by molar-refractivity contribution is -0.145. The molecule has 6 heteroatoms. The van der Waals surface area contributed by atoms with E-state index in [0.717, 1.165) is 44.1 Å². The van der Waals surface area contributed by atoms with Gasteiger partial charge in [0.15, 0.2) is 5.83 Å². The molecule has 7 atom stereocenters. The van der Waals surface area contributed by atoms with E-state index in [1.807, 2.05) is 6.07 Å². The molecular formula is C27H34F2N2O2. The molecule has 1 N–H and O–H groups in total. The predicted molar refractivity (Wildman–Crippen MR) is 122 cm³/mol. The van der Waals surface area contributed by atoms with Crippen LogP contribution in [0.5, 0.6) is 0 Å². The first-order valence-electron chi connectivity index (χ1n) is 12.3. The molecule has 2 amide bonds. The molecule has 0 aromatic heterocycles. The van der Waals surface area contributed by atoms with E-state index >= 15 is 0 Å². The number of fused-ring (bicyclic) bond motifs is 5. The van der Waals surface area contributed by atoms with Crippen molar-refractivity contribution in [3.63, 3.8) is 0 Å². The van der Waals surface area contributed by atoms with Crippen LogP contribution in [0.3, 0.4) is 0 Å². The van der Waals surface area contributed by atoms with Crippen LogP contribution in [-0.4, -0.2) is 29.8 Å². The fourth-order valence-corrected chi connectivity index (χ4v) is 8.22. The molecule has 0 saturated heterocycles. The smallest absolute Gasteiger partial charge is 0.282 e. The molecule has 0 bridgehead atoms. The number of rotatable bonds is 3. The molecule has 3 aliphatic carbocycles. The molecule has 4 nitrogen and oxygen atoms in total. The quantitative estimate of drug-likeness (QED) is 0.696. The third-order valence-corrected chi connectivity index (χ3v) is 9.83. The fourth-order valence-electron chi connectivity index (χ4n) is 8.22. The molecule has 1 aliphatic heterocycles. The van der Waals surface area contributed by atoms with E-state index in [1.54, 1.807) is 24.1 Å². The molecular weight excluding hydrogens is 422 g/mol. The minimum atomic E-state index is -0.619. The third-order valence-electron chi connectivity index (χ3n) is 9.83. The van der Waals surface area contributed by atoms with Gasteiger partial charge in [0, 0.05) is 31.0 Å². The molecule has 3 fully saturated rings. The predicted octanol–water partition coefficient (Wildman–Crippen LogP) is 4.99. The molecule has 0 spiro atoms. The monoisotopic (exact) mass is 456 g/mol. The number of hydrogen-bond acceptors (Lipinski definition) is 2. The summed E-state index contributed by atoms with van der Waals surface area (Å²) in [4.78, 5) is 27.1. The Morgan fingerprint density at radius 2 is 1.91 bits per heavy atom. The summed E-state index contributed by atoms with van der Waals surface area (Å²) in [5, 5.41) is 3.06. The molecule has 4 aliphatic rings. The van der Waals surface area contributed by atoms with Gasteiger partial charge in [0.2, 0.25) is 5.91 Å². The normalized spacial score (nSPS) is 39.9. The molecule has 1 heterocycles. The van der Waals surface area contributed by atoms with Crippen molar-refractivity contribution in [1.29, 1.82) is 0 Å². The van der Waals surface area contributed by atoms with Crippen molar-refractivity contribution in [1.82, 2.24) is 10.2 Å². The zero-order chi connectivity index (χ0) is 23.5. The number of nitrogens with zero attached hydrogens (tertiary/aromatic N) is 1. The van der Waals surface area contributed by atoms with Crippen LogP contribution >= 0.6 is 0 Å². The number of hydrogen-bond donors (Lipinski definition) is 1. The maximum Gasteiger partial charge on any atom is 0.282 e. The zero-order valence-electron chi connectivity index (χ0n) is 19.7. The number of likely N-dealkylation sites (N-methyl/N-ethyl adjacent to an activating group) is 1. The Hall–Kier alpha value is -2.24. The number of halogens is 2. The van der Waals surface area contributed by atoms with Gasteiger partial charge in [-0.2, -0.15) is 0 Å². The fraction of sp³-hybridized carbons (Fsp3) is 0.630. The van der Waals surface area contributed by atoms with Gasteiger partial charge >= 0.3 is 0 Å². The van der Waals surface area contributed by atoms with Gasteiger partial charge < -0.3 is 10.2 Å². The summed E-state index contributed by atoms with van der Waals surface area (Å²) in [5.74, 6) is -0.196. The maximum absolute atomic E-state index is 14.6. The summed E-state index contributed by atoms with van der Waals surface area (Å²) in [6.07, 6.45) is 7.29. The van der Waals surface area contributed by atoms with Crippen LogP contribution in [0.1, 0.15) is 57.9 Å². The molecule has 1 aromatic rings. The van der Waals surface area contributed by atoms with Crippen molar-refractivity contribution < 1.29 is 18.4 Å². The second-order valence-electron chi connectivity index (χ2n) is 11.3. The third kappa shape index (κ3) is 3.43. The zero-order valence-corrected chi connectivity index (χ0v) is 19.7. The summed E-state index contributed by atoms with van der Waals surface area (Å²) in [6.45, 7) is 4.75. The average molecular weight is 457 g/mol. The van der Waals surface area contributed by atoms with E-state index in [0.29, 0.717) is 24.3 Å². The van der Waals surface area contributed by atoms with E-state index in [1.165, 1.54) is 12.1 Å². The number of nitrogens with one attached hydrogen (secondary N) is 1. The lowest BCUT2D eigenvalue weighted by Crippen LogP contribution is -2.60. The van der Waals surface area contributed by atoms with Crippen molar-refractivity contribution in [3.8, 4) is 0 Å². The van der Waals surface area contributed by atoms with Crippen molar-refractivity contribution in [2.75, 3.05) is 7.05 Å². The van der Waals surface area contributed by atoms with Crippen LogP contribution in [0, 0.1) is 40.3 Å². The Morgan fingerprint density at radius 3 is 2.67 bits per heavy atom. The first-order chi connectivity index (χ1) is 15.6. The summed E-state index contributed by atoms with van der Waals surface area (Å²) in [6, 6.07) is 6.40. The van der Waals surface area contributed by atoms with Crippen molar-refractivity contribution in [2.45, 2.75) is 65.0 Å². The molecule has 5 rings (SSSR count). The molecule has 1 aromatic carbocycles. The molecule has 2 unspecified atom stereocenters. The summed E-state index contributed by atoms with van der Waals surface area (Å²) < 4.78 is 28.0. The highest BCUT2D eigenvalue weighted by Crippen LogP contribution is 2.65. The summed E-state index contributed by atoms with van der Waals surface area (Å²) in [5.41, 5.74) is 0.340. The SMILES string of the molecule is CN1C(=O)C(F)=C[C@@]2(C)C1CC[C@@H]1[C@H]2CC[C@]2(C)C(C(=O)NCc3cccc(F)c3)CC[C@@H]12. The van der Waals surface area contributed by atoms with Crippen molar-refractivity contribution in [2.24, 2.45) is 34.5 Å². The van der Waals surface area contributed by atoms with E-state index in [4.69, 9.17) is 0 Å². The van der Waals surface area contributed by atoms with Crippen molar-refractivity contribution in [3.05, 3.63) is 47.5 Å². The van der Waals surface area contributed by atoms with E-state index in [2.05, 4.69) is 19.2 Å². The van der Waals surface area contributed by atoms with E-state index in [-0.39, 0.29) is 34.5 Å². The first-order valence-corrected chi connectivity index (χ1v) is 12.3. The maximum atomic E-state index is 14.6. The standard InChI is InChI=1S/C27H34F2N2O2/c1-26-12-11-20-18(7-10-23-27(20,2)14-22(29)25(33)31(23)3)19(26)8-9-21(26)24(32)30-15-16-5-4-6-17(28)13-16/h4-6,13-14,18-21,23H,7-12,15H2,1-3H3,(H,30,32)/t18-,19-,20+,21?,23?,26-,27+/m0/s1. The molecule has 178 valence electrons. The van der Waals surface area contributed by atoms with Crippen LogP contribution < -0.4 is 5.32 Å². The number of benzene rings is 1. The van der Waals surface area contributed by atoms with Crippen LogP contribution in [-0.2, 0) is 16.1 Å². The highest BCUT2D eigenvalue weighted by Gasteiger charge is 2.62. The van der Waals surface area contributed by atoms with Gasteiger partial charge in [0.25, 0.3) is 5.91 Å². The van der Waals surface area contributed by atoms with Gasteiger partial charge in [-0.05, 0) is 85.5 Å². The largest absolute Gasteiger partial charge is 0.352 e. The minimum absolute atomic E-state index is 0.0434. The summed E-state index contributed by atoms with van der Waals surface area (Å²) >= 11 is 0.